The molecule has 1 aliphatic rings. The molecule has 0 amide bonds. The van der Waals surface area contributed by atoms with Crippen molar-refractivity contribution < 1.29 is 4.90 Å². The highest BCUT2D eigenvalue weighted by Gasteiger charge is 2.20. The molecule has 1 aromatic heterocycles. The number of rotatable bonds is 3. The van der Waals surface area contributed by atoms with Crippen LogP contribution in [0.4, 0.5) is 0 Å². The molecule has 2 heterocycles. The first kappa shape index (κ1) is 15.4. The standard InChI is InChI=1S/C16H23N5S/c1-12-4-6-19(7-5-12)11-20-16(22)21(18-17-20)15-9-13(2)8-14(3)10-15/h8-10,12H,4-7,11H2,1-3H3/p+1. The zero-order valence-corrected chi connectivity index (χ0v) is 14.4. The molecule has 0 bridgehead atoms. The lowest BCUT2D eigenvalue weighted by atomic mass is 10.00. The zero-order chi connectivity index (χ0) is 15.7. The van der Waals surface area contributed by atoms with Crippen LogP contribution in [-0.2, 0) is 6.67 Å². The van der Waals surface area contributed by atoms with E-state index in [0.29, 0.717) is 4.77 Å². The Morgan fingerprint density at radius 2 is 1.77 bits per heavy atom. The van der Waals surface area contributed by atoms with E-state index in [1.54, 1.807) is 9.58 Å². The van der Waals surface area contributed by atoms with Gasteiger partial charge in [0, 0.05) is 0 Å². The van der Waals surface area contributed by atoms with E-state index in [1.807, 2.05) is 4.68 Å². The number of nitrogens with zero attached hydrogens (tertiary/aromatic N) is 4. The van der Waals surface area contributed by atoms with Crippen LogP contribution in [0.1, 0.15) is 30.9 Å². The van der Waals surface area contributed by atoms with E-state index >= 15 is 0 Å². The van der Waals surface area contributed by atoms with Crippen molar-refractivity contribution >= 4 is 12.2 Å². The first-order chi connectivity index (χ1) is 10.5. The molecule has 2 aromatic rings. The van der Waals surface area contributed by atoms with Gasteiger partial charge in [0.15, 0.2) is 6.67 Å². The van der Waals surface area contributed by atoms with Gasteiger partial charge in [0.2, 0.25) is 4.77 Å². The fraction of sp³-hybridized carbons (Fsp3) is 0.562. The number of likely N-dealkylation sites (tertiary alicyclic amines) is 1. The number of hydrogen-bond donors (Lipinski definition) is 1. The highest BCUT2D eigenvalue weighted by atomic mass is 32.1. The van der Waals surface area contributed by atoms with Crippen LogP contribution in [0.2, 0.25) is 0 Å². The number of tetrazole rings is 1. The minimum atomic E-state index is 0.677. The summed E-state index contributed by atoms with van der Waals surface area (Å²) in [7, 11) is 0. The van der Waals surface area contributed by atoms with E-state index in [2.05, 4.69) is 49.4 Å². The van der Waals surface area contributed by atoms with Gasteiger partial charge in [-0.3, -0.25) is 0 Å². The van der Waals surface area contributed by atoms with Gasteiger partial charge < -0.3 is 4.90 Å². The number of aryl methyl sites for hydroxylation is 2. The van der Waals surface area contributed by atoms with Crippen LogP contribution >= 0.6 is 12.2 Å². The summed E-state index contributed by atoms with van der Waals surface area (Å²) >= 11 is 5.57. The SMILES string of the molecule is Cc1cc(C)cc(-n2nnn(C[NH+]3CCC(C)CC3)c2=S)c1. The fourth-order valence-corrected chi connectivity index (χ4v) is 3.39. The highest BCUT2D eigenvalue weighted by molar-refractivity contribution is 7.71. The maximum absolute atomic E-state index is 5.57. The van der Waals surface area contributed by atoms with Gasteiger partial charge in [0.25, 0.3) is 0 Å². The van der Waals surface area contributed by atoms with Crippen LogP contribution in [0.5, 0.6) is 0 Å². The Kier molecular flexibility index (Phi) is 4.40. The summed E-state index contributed by atoms with van der Waals surface area (Å²) in [5, 5.41) is 8.53. The van der Waals surface area contributed by atoms with Gasteiger partial charge >= 0.3 is 0 Å². The fourth-order valence-electron chi connectivity index (χ4n) is 3.15. The molecule has 5 nitrogen and oxygen atoms in total. The number of aromatic nitrogens is 4. The second kappa shape index (κ2) is 6.30. The molecule has 0 atom stereocenters. The minimum absolute atomic E-state index is 0.677. The Labute approximate surface area is 136 Å². The van der Waals surface area contributed by atoms with E-state index in [-0.39, 0.29) is 0 Å². The molecular weight excluding hydrogens is 294 g/mol. The van der Waals surface area contributed by atoms with Crippen molar-refractivity contribution in [3.63, 3.8) is 0 Å². The molecule has 6 heteroatoms. The average Bonchev–Trinajstić information content (AvgIpc) is 2.82. The molecular formula is C16H24N5S+. The monoisotopic (exact) mass is 318 g/mol. The molecule has 1 fully saturated rings. The van der Waals surface area contributed by atoms with Crippen molar-refractivity contribution in [2.75, 3.05) is 13.1 Å². The Morgan fingerprint density at radius 3 is 2.41 bits per heavy atom. The molecule has 0 spiro atoms. The van der Waals surface area contributed by atoms with Gasteiger partial charge in [0.1, 0.15) is 0 Å². The van der Waals surface area contributed by atoms with Crippen molar-refractivity contribution in [3.8, 4) is 5.69 Å². The molecule has 0 aliphatic carbocycles. The number of hydrogen-bond acceptors (Lipinski definition) is 3. The maximum atomic E-state index is 5.57. The quantitative estimate of drug-likeness (QED) is 0.876. The Bertz CT molecular complexity index is 689. The summed E-state index contributed by atoms with van der Waals surface area (Å²) in [6, 6.07) is 6.34. The molecule has 118 valence electrons. The number of nitrogens with one attached hydrogen (secondary N) is 1. The van der Waals surface area contributed by atoms with E-state index in [4.69, 9.17) is 12.2 Å². The van der Waals surface area contributed by atoms with Gasteiger partial charge in [0.05, 0.1) is 18.8 Å². The predicted octanol–water partition coefficient (Wildman–Crippen LogP) is 1.69. The minimum Gasteiger partial charge on any atom is -0.316 e. The third-order valence-corrected chi connectivity index (χ3v) is 4.83. The lowest BCUT2D eigenvalue weighted by Crippen LogP contribution is -3.12. The third kappa shape index (κ3) is 3.28. The van der Waals surface area contributed by atoms with Crippen molar-refractivity contribution in [3.05, 3.63) is 34.1 Å². The normalized spacial score (nSPS) is 22.0. The highest BCUT2D eigenvalue weighted by Crippen LogP contribution is 2.13. The van der Waals surface area contributed by atoms with E-state index in [1.165, 1.54) is 37.1 Å². The second-order valence-corrected chi connectivity index (χ2v) is 6.97. The lowest BCUT2D eigenvalue weighted by Gasteiger charge is -2.26. The van der Waals surface area contributed by atoms with E-state index < -0.39 is 0 Å². The first-order valence-electron chi connectivity index (χ1n) is 7.98. The number of piperidine rings is 1. The van der Waals surface area contributed by atoms with Crippen molar-refractivity contribution in [1.82, 2.24) is 19.8 Å². The van der Waals surface area contributed by atoms with Crippen LogP contribution < -0.4 is 4.90 Å². The number of quaternary nitrogens is 1. The predicted molar refractivity (Wildman–Crippen MR) is 88.8 cm³/mol. The Hall–Kier alpha value is -1.53. The summed E-state index contributed by atoms with van der Waals surface area (Å²) in [6.07, 6.45) is 2.57. The molecule has 1 aromatic carbocycles. The molecule has 0 unspecified atom stereocenters. The van der Waals surface area contributed by atoms with E-state index in [9.17, 15) is 0 Å². The lowest BCUT2D eigenvalue weighted by molar-refractivity contribution is -0.929. The van der Waals surface area contributed by atoms with Gasteiger partial charge in [-0.25, -0.2) is 0 Å². The number of benzene rings is 1. The smallest absolute Gasteiger partial charge is 0.225 e. The summed E-state index contributed by atoms with van der Waals surface area (Å²) < 4.78 is 4.30. The summed E-state index contributed by atoms with van der Waals surface area (Å²) in [5.74, 6) is 0.850. The Balaban J connectivity index is 1.81. The van der Waals surface area contributed by atoms with Crippen molar-refractivity contribution in [2.24, 2.45) is 5.92 Å². The second-order valence-electron chi connectivity index (χ2n) is 6.61. The van der Waals surface area contributed by atoms with Crippen LogP contribution in [0.3, 0.4) is 0 Å². The molecule has 0 radical (unpaired) electrons. The van der Waals surface area contributed by atoms with Crippen molar-refractivity contribution in [2.45, 2.75) is 40.3 Å². The zero-order valence-electron chi connectivity index (χ0n) is 13.5. The molecule has 0 saturated carbocycles. The Morgan fingerprint density at radius 1 is 1.14 bits per heavy atom. The van der Waals surface area contributed by atoms with Gasteiger partial charge in [-0.05, 0) is 78.5 Å². The molecule has 1 saturated heterocycles. The molecule has 1 aliphatic heterocycles. The molecule has 22 heavy (non-hydrogen) atoms. The molecule has 1 N–H and O–H groups in total. The van der Waals surface area contributed by atoms with Gasteiger partial charge in [-0.1, -0.05) is 13.0 Å². The van der Waals surface area contributed by atoms with Crippen LogP contribution in [0.25, 0.3) is 5.69 Å². The summed E-state index contributed by atoms with van der Waals surface area (Å²) in [4.78, 5) is 1.54. The van der Waals surface area contributed by atoms with Crippen LogP contribution in [-0.4, -0.2) is 32.9 Å². The largest absolute Gasteiger partial charge is 0.316 e. The average molecular weight is 318 g/mol. The van der Waals surface area contributed by atoms with Crippen LogP contribution in [0, 0.1) is 24.5 Å². The molecule has 3 rings (SSSR count). The third-order valence-electron chi connectivity index (χ3n) is 4.45. The van der Waals surface area contributed by atoms with Gasteiger partial charge in [-0.15, -0.1) is 0 Å². The first-order valence-corrected chi connectivity index (χ1v) is 8.39. The summed E-state index contributed by atoms with van der Waals surface area (Å²) in [5.41, 5.74) is 3.42. The van der Waals surface area contributed by atoms with Gasteiger partial charge in [-0.2, -0.15) is 9.36 Å². The maximum Gasteiger partial charge on any atom is 0.225 e. The van der Waals surface area contributed by atoms with Crippen molar-refractivity contribution in [1.29, 1.82) is 0 Å². The van der Waals surface area contributed by atoms with E-state index in [0.717, 1.165) is 18.3 Å². The summed E-state index contributed by atoms with van der Waals surface area (Å²) in [6.45, 7) is 9.71. The topological polar surface area (TPSA) is 40.1 Å². The van der Waals surface area contributed by atoms with Crippen LogP contribution in [0.15, 0.2) is 18.2 Å².